The van der Waals surface area contributed by atoms with Crippen molar-refractivity contribution in [2.45, 2.75) is 52.4 Å². The minimum Gasteiger partial charge on any atom is -0.103 e. The van der Waals surface area contributed by atoms with Gasteiger partial charge in [-0.25, -0.2) is 0 Å². The maximum atomic E-state index is 3.96. The smallest absolute Gasteiger partial charge is 0.0262 e. The number of hydrogen-bond donors (Lipinski definition) is 0. The first-order valence-electron chi connectivity index (χ1n) is 6.48. The monoisotopic (exact) mass is 220 g/mol. The molecule has 0 aliphatic heterocycles. The molecule has 92 valence electrons. The summed E-state index contributed by atoms with van der Waals surface area (Å²) in [5, 5.41) is 0. The molecule has 0 radical (unpaired) electrons. The van der Waals surface area contributed by atoms with Gasteiger partial charge in [-0.1, -0.05) is 31.1 Å². The summed E-state index contributed by atoms with van der Waals surface area (Å²) < 4.78 is 0. The van der Waals surface area contributed by atoms with Crippen molar-refractivity contribution < 1.29 is 0 Å². The third-order valence-corrected chi connectivity index (χ3v) is 3.10. The van der Waals surface area contributed by atoms with Gasteiger partial charge in [0.1, 0.15) is 0 Å². The molecule has 0 rings (SSSR count). The van der Waals surface area contributed by atoms with Crippen molar-refractivity contribution in [3.05, 3.63) is 37.5 Å². The molecule has 16 heavy (non-hydrogen) atoms. The van der Waals surface area contributed by atoms with Crippen LogP contribution in [0.15, 0.2) is 37.5 Å². The predicted molar refractivity (Wildman–Crippen MR) is 75.6 cm³/mol. The standard InChI is InChI=1S/C16H28/c1-6-8-11-16(13-15(5)7-2)12-9-10-14(3)4/h6-7,15-16H,1-3,8-13H2,4-5H3. The molecule has 0 N–H and O–H groups in total. The Labute approximate surface area is 102 Å². The van der Waals surface area contributed by atoms with E-state index < -0.39 is 0 Å². The van der Waals surface area contributed by atoms with Gasteiger partial charge in [0, 0.05) is 0 Å². The van der Waals surface area contributed by atoms with Crippen LogP contribution in [0.4, 0.5) is 0 Å². The highest BCUT2D eigenvalue weighted by atomic mass is 14.2. The third kappa shape index (κ3) is 8.52. The highest BCUT2D eigenvalue weighted by molar-refractivity contribution is 4.88. The van der Waals surface area contributed by atoms with Gasteiger partial charge >= 0.3 is 0 Å². The summed E-state index contributed by atoms with van der Waals surface area (Å²) in [6.07, 6.45) is 11.6. The Morgan fingerprint density at radius 2 is 1.94 bits per heavy atom. The number of hydrogen-bond acceptors (Lipinski definition) is 0. The van der Waals surface area contributed by atoms with Gasteiger partial charge < -0.3 is 0 Å². The fourth-order valence-electron chi connectivity index (χ4n) is 2.05. The largest absolute Gasteiger partial charge is 0.103 e. The van der Waals surface area contributed by atoms with E-state index in [9.17, 15) is 0 Å². The average Bonchev–Trinajstić information content (AvgIpc) is 2.24. The zero-order valence-corrected chi connectivity index (χ0v) is 11.2. The lowest BCUT2D eigenvalue weighted by atomic mass is 9.87. The van der Waals surface area contributed by atoms with Crippen molar-refractivity contribution in [3.8, 4) is 0 Å². The van der Waals surface area contributed by atoms with Gasteiger partial charge in [0.15, 0.2) is 0 Å². The SMILES string of the molecule is C=CCCC(CCCC(=C)C)CC(C)C=C. The normalized spacial score (nSPS) is 14.1. The van der Waals surface area contributed by atoms with Crippen molar-refractivity contribution >= 4 is 0 Å². The molecular weight excluding hydrogens is 192 g/mol. The van der Waals surface area contributed by atoms with Gasteiger partial charge in [-0.15, -0.1) is 19.7 Å². The van der Waals surface area contributed by atoms with Gasteiger partial charge in [0.2, 0.25) is 0 Å². The molecule has 0 aromatic rings. The van der Waals surface area contributed by atoms with E-state index in [1.807, 2.05) is 6.08 Å². The van der Waals surface area contributed by atoms with E-state index in [0.29, 0.717) is 5.92 Å². The molecule has 0 saturated carbocycles. The minimum absolute atomic E-state index is 0.639. The Hall–Kier alpha value is -0.780. The summed E-state index contributed by atoms with van der Waals surface area (Å²) in [5.41, 5.74) is 1.30. The van der Waals surface area contributed by atoms with Crippen LogP contribution in [0.25, 0.3) is 0 Å². The van der Waals surface area contributed by atoms with Crippen molar-refractivity contribution in [3.63, 3.8) is 0 Å². The molecule has 0 amide bonds. The second kappa shape index (κ2) is 9.45. The van der Waals surface area contributed by atoms with Crippen molar-refractivity contribution in [2.75, 3.05) is 0 Å². The molecule has 0 nitrogen and oxygen atoms in total. The summed E-state index contributed by atoms with van der Waals surface area (Å²) in [5.74, 6) is 1.46. The van der Waals surface area contributed by atoms with Crippen LogP contribution < -0.4 is 0 Å². The van der Waals surface area contributed by atoms with Gasteiger partial charge in [0.25, 0.3) is 0 Å². The summed E-state index contributed by atoms with van der Waals surface area (Å²) >= 11 is 0. The second-order valence-corrected chi connectivity index (χ2v) is 5.03. The molecule has 0 bridgehead atoms. The molecule has 2 unspecified atom stereocenters. The minimum atomic E-state index is 0.639. The Balaban J connectivity index is 3.93. The Morgan fingerprint density at radius 3 is 2.44 bits per heavy atom. The van der Waals surface area contributed by atoms with Crippen molar-refractivity contribution in [1.29, 1.82) is 0 Å². The van der Waals surface area contributed by atoms with E-state index in [4.69, 9.17) is 0 Å². The summed E-state index contributed by atoms with van der Waals surface area (Å²) in [6.45, 7) is 16.0. The van der Waals surface area contributed by atoms with Gasteiger partial charge in [-0.05, 0) is 50.9 Å². The zero-order valence-electron chi connectivity index (χ0n) is 11.2. The molecule has 0 saturated heterocycles. The van der Waals surface area contributed by atoms with Gasteiger partial charge in [0.05, 0.1) is 0 Å². The molecule has 0 aromatic heterocycles. The lowest BCUT2D eigenvalue weighted by Crippen LogP contribution is -2.05. The lowest BCUT2D eigenvalue weighted by molar-refractivity contribution is 0.375. The molecular formula is C16H28. The van der Waals surface area contributed by atoms with Crippen LogP contribution in [0.5, 0.6) is 0 Å². The van der Waals surface area contributed by atoms with E-state index in [-0.39, 0.29) is 0 Å². The number of rotatable bonds is 10. The highest BCUT2D eigenvalue weighted by Crippen LogP contribution is 2.24. The van der Waals surface area contributed by atoms with Crippen LogP contribution in [0, 0.1) is 11.8 Å². The lowest BCUT2D eigenvalue weighted by Gasteiger charge is -2.18. The highest BCUT2D eigenvalue weighted by Gasteiger charge is 2.10. The fourth-order valence-corrected chi connectivity index (χ4v) is 2.05. The quantitative estimate of drug-likeness (QED) is 0.425. The van der Waals surface area contributed by atoms with Crippen LogP contribution in [-0.4, -0.2) is 0 Å². The van der Waals surface area contributed by atoms with Crippen LogP contribution in [-0.2, 0) is 0 Å². The molecule has 2 atom stereocenters. The Kier molecular flexibility index (Phi) is 8.99. The Morgan fingerprint density at radius 1 is 1.25 bits per heavy atom. The molecule has 0 spiro atoms. The molecule has 0 fully saturated rings. The van der Waals surface area contributed by atoms with E-state index in [1.165, 1.54) is 37.7 Å². The van der Waals surface area contributed by atoms with Crippen LogP contribution in [0.1, 0.15) is 52.4 Å². The maximum absolute atomic E-state index is 3.96. The summed E-state index contributed by atoms with van der Waals surface area (Å²) in [6, 6.07) is 0. The van der Waals surface area contributed by atoms with Crippen LogP contribution >= 0.6 is 0 Å². The van der Waals surface area contributed by atoms with E-state index in [2.05, 4.69) is 39.7 Å². The third-order valence-electron chi connectivity index (χ3n) is 3.10. The van der Waals surface area contributed by atoms with E-state index >= 15 is 0 Å². The summed E-state index contributed by atoms with van der Waals surface area (Å²) in [7, 11) is 0. The average molecular weight is 220 g/mol. The van der Waals surface area contributed by atoms with Crippen LogP contribution in [0.2, 0.25) is 0 Å². The number of allylic oxidation sites excluding steroid dienone is 3. The maximum Gasteiger partial charge on any atom is -0.0262 e. The molecule has 0 aliphatic carbocycles. The second-order valence-electron chi connectivity index (χ2n) is 5.03. The van der Waals surface area contributed by atoms with E-state index in [0.717, 1.165) is 12.3 Å². The topological polar surface area (TPSA) is 0 Å². The molecule has 0 heterocycles. The first-order chi connectivity index (χ1) is 7.60. The first-order valence-corrected chi connectivity index (χ1v) is 6.48. The zero-order chi connectivity index (χ0) is 12.4. The Bertz CT molecular complexity index is 212. The van der Waals surface area contributed by atoms with E-state index in [1.54, 1.807) is 0 Å². The molecule has 0 aliphatic rings. The van der Waals surface area contributed by atoms with Gasteiger partial charge in [-0.3, -0.25) is 0 Å². The predicted octanol–water partition coefficient (Wildman–Crippen LogP) is 5.53. The molecule has 0 heteroatoms. The fraction of sp³-hybridized carbons (Fsp3) is 0.625. The van der Waals surface area contributed by atoms with Crippen LogP contribution in [0.3, 0.4) is 0 Å². The summed E-state index contributed by atoms with van der Waals surface area (Å²) in [4.78, 5) is 0. The first kappa shape index (κ1) is 15.2. The van der Waals surface area contributed by atoms with Crippen molar-refractivity contribution in [1.82, 2.24) is 0 Å². The van der Waals surface area contributed by atoms with Gasteiger partial charge in [-0.2, -0.15) is 0 Å². The molecule has 0 aromatic carbocycles. The van der Waals surface area contributed by atoms with Crippen molar-refractivity contribution in [2.24, 2.45) is 11.8 Å².